The maximum atomic E-state index is 12.2. The number of nitrogens with one attached hydrogen (secondary N) is 1. The number of ether oxygens (including phenoxy) is 3. The maximum Gasteiger partial charge on any atom is 0.343 e. The largest absolute Gasteiger partial charge is 0.493 e. The normalized spacial score (nSPS) is 10.2. The van der Waals surface area contributed by atoms with Crippen LogP contribution >= 0.6 is 0 Å². The van der Waals surface area contributed by atoms with Crippen molar-refractivity contribution in [2.75, 3.05) is 26.3 Å². The van der Waals surface area contributed by atoms with Gasteiger partial charge in [-0.25, -0.2) is 4.79 Å². The number of benzene rings is 2. The summed E-state index contributed by atoms with van der Waals surface area (Å²) in [6.07, 6.45) is 2.89. The number of esters is 1. The molecule has 0 radical (unpaired) electrons. The molecule has 2 aromatic rings. The molecule has 0 unspecified atom stereocenters. The molecule has 146 valence electrons. The second-order valence-electron chi connectivity index (χ2n) is 5.24. The van der Waals surface area contributed by atoms with Crippen LogP contribution in [0.4, 0.5) is 5.69 Å². The zero-order valence-electron chi connectivity index (χ0n) is 15.2. The third-order valence-corrected chi connectivity index (χ3v) is 3.54. The van der Waals surface area contributed by atoms with E-state index in [1.165, 1.54) is 32.4 Å². The smallest absolute Gasteiger partial charge is 0.343 e. The first-order chi connectivity index (χ1) is 13.6. The molecule has 0 atom stereocenters. The highest BCUT2D eigenvalue weighted by Gasteiger charge is 2.14. The first-order valence-corrected chi connectivity index (χ1v) is 8.01. The molecule has 0 saturated heterocycles. The Labute approximate surface area is 160 Å². The van der Waals surface area contributed by atoms with E-state index in [-0.39, 0.29) is 11.3 Å². The predicted octanol–water partition coefficient (Wildman–Crippen LogP) is 3.17. The van der Waals surface area contributed by atoms with E-state index < -0.39 is 18.7 Å². The van der Waals surface area contributed by atoms with Crippen LogP contribution in [0.1, 0.15) is 15.9 Å². The van der Waals surface area contributed by atoms with Gasteiger partial charge in [0.2, 0.25) is 5.91 Å². The number of para-hydroxylation sites is 1. The van der Waals surface area contributed by atoms with E-state index in [4.69, 9.17) is 14.2 Å². The number of carbonyl (C=O) groups is 2. The average molecular weight is 386 g/mol. The van der Waals surface area contributed by atoms with Crippen molar-refractivity contribution in [2.24, 2.45) is 5.34 Å². The van der Waals surface area contributed by atoms with Crippen molar-refractivity contribution in [1.29, 1.82) is 0 Å². The molecule has 0 aliphatic rings. The summed E-state index contributed by atoms with van der Waals surface area (Å²) < 4.78 is 15.1. The minimum absolute atomic E-state index is 0.102. The Hall–Kier alpha value is -3.88. The van der Waals surface area contributed by atoms with Gasteiger partial charge in [-0.2, -0.15) is 0 Å². The van der Waals surface area contributed by atoms with E-state index in [0.717, 1.165) is 5.56 Å². The number of rotatable bonds is 9. The van der Waals surface area contributed by atoms with Crippen LogP contribution < -0.4 is 14.8 Å². The van der Waals surface area contributed by atoms with Gasteiger partial charge in [-0.15, -0.1) is 4.91 Å². The number of amides is 1. The third-order valence-electron chi connectivity index (χ3n) is 3.54. The molecule has 1 amide bonds. The fourth-order valence-corrected chi connectivity index (χ4v) is 2.25. The highest BCUT2D eigenvalue weighted by molar-refractivity contribution is 6.06. The highest BCUT2D eigenvalue weighted by Crippen LogP contribution is 2.28. The zero-order valence-corrected chi connectivity index (χ0v) is 15.2. The maximum absolute atomic E-state index is 12.2. The van der Waals surface area contributed by atoms with Gasteiger partial charge in [0.05, 0.1) is 25.5 Å². The molecule has 28 heavy (non-hydrogen) atoms. The Balaban J connectivity index is 2.08. The van der Waals surface area contributed by atoms with Gasteiger partial charge in [0, 0.05) is 6.08 Å². The number of nitrogens with zero attached hydrogens (tertiary/aromatic N) is 1. The van der Waals surface area contributed by atoms with Crippen LogP contribution in [-0.4, -0.2) is 32.9 Å². The van der Waals surface area contributed by atoms with Crippen LogP contribution in [-0.2, 0) is 14.4 Å². The lowest BCUT2D eigenvalue weighted by Crippen LogP contribution is -2.14. The predicted molar refractivity (Wildman–Crippen MR) is 101 cm³/mol. The number of methoxy groups -OCH3 is 2. The Morgan fingerprint density at radius 1 is 1.07 bits per heavy atom. The summed E-state index contributed by atoms with van der Waals surface area (Å²) in [5.74, 6) is -0.125. The Morgan fingerprint density at radius 2 is 1.82 bits per heavy atom. The summed E-state index contributed by atoms with van der Waals surface area (Å²) in [7, 11) is 3.05. The van der Waals surface area contributed by atoms with Crippen molar-refractivity contribution in [3.05, 3.63) is 64.6 Å². The van der Waals surface area contributed by atoms with Crippen molar-refractivity contribution >= 4 is 23.6 Å². The van der Waals surface area contributed by atoms with Crippen LogP contribution in [0.3, 0.4) is 0 Å². The van der Waals surface area contributed by atoms with Gasteiger partial charge in [0.25, 0.3) is 6.79 Å². The van der Waals surface area contributed by atoms with Crippen LogP contribution in [0.2, 0.25) is 0 Å². The summed E-state index contributed by atoms with van der Waals surface area (Å²) in [5, 5.41) is 4.72. The first kappa shape index (κ1) is 20.4. The van der Waals surface area contributed by atoms with Gasteiger partial charge in [0.15, 0.2) is 16.8 Å². The summed E-state index contributed by atoms with van der Waals surface area (Å²) in [5.41, 5.74) is 1.07. The molecular formula is C19H18N2O7. The molecule has 0 saturated carbocycles. The van der Waals surface area contributed by atoms with Crippen LogP contribution in [0.5, 0.6) is 11.5 Å². The molecule has 0 spiro atoms. The van der Waals surface area contributed by atoms with E-state index in [2.05, 4.69) is 15.5 Å². The number of hydrogen-bond acceptors (Lipinski definition) is 8. The lowest BCUT2D eigenvalue weighted by Gasteiger charge is -2.09. The molecule has 2 rings (SSSR count). The molecule has 0 aliphatic carbocycles. The average Bonchev–Trinajstić information content (AvgIpc) is 2.72. The minimum Gasteiger partial charge on any atom is -0.493 e. The molecule has 9 heteroatoms. The quantitative estimate of drug-likeness (QED) is 0.176. The van der Waals surface area contributed by atoms with Crippen molar-refractivity contribution < 1.29 is 28.6 Å². The summed E-state index contributed by atoms with van der Waals surface area (Å²) >= 11 is 0. The van der Waals surface area contributed by atoms with Gasteiger partial charge < -0.3 is 24.4 Å². The number of anilines is 1. The molecule has 0 aliphatic heterocycles. The second-order valence-corrected chi connectivity index (χ2v) is 5.24. The fraction of sp³-hybridized carbons (Fsp3) is 0.158. The monoisotopic (exact) mass is 386 g/mol. The first-order valence-electron chi connectivity index (χ1n) is 8.01. The van der Waals surface area contributed by atoms with Gasteiger partial charge in [-0.3, -0.25) is 4.79 Å². The Morgan fingerprint density at radius 3 is 2.54 bits per heavy atom. The van der Waals surface area contributed by atoms with Crippen LogP contribution in [0.15, 0.2) is 53.9 Å². The van der Waals surface area contributed by atoms with Crippen LogP contribution in [0, 0.1) is 4.91 Å². The van der Waals surface area contributed by atoms with E-state index in [1.54, 1.807) is 36.4 Å². The lowest BCUT2D eigenvalue weighted by molar-refractivity contribution is -0.111. The third kappa shape index (κ3) is 5.56. The molecule has 0 heterocycles. The highest BCUT2D eigenvalue weighted by atomic mass is 16.8. The summed E-state index contributed by atoms with van der Waals surface area (Å²) in [4.78, 5) is 38.1. The SMILES string of the molecule is COc1ccc(/C=C/C(=O)Nc2ccccc2C(=O)OCON=O)cc1OC. The topological polar surface area (TPSA) is 113 Å². The van der Waals surface area contributed by atoms with E-state index >= 15 is 0 Å². The van der Waals surface area contributed by atoms with Gasteiger partial charge in [-0.05, 0) is 35.9 Å². The molecule has 0 fully saturated rings. The Bertz CT molecular complexity index is 880. The van der Waals surface area contributed by atoms with Gasteiger partial charge in [0.1, 0.15) is 0 Å². The lowest BCUT2D eigenvalue weighted by atomic mass is 10.1. The van der Waals surface area contributed by atoms with Gasteiger partial charge in [-0.1, -0.05) is 18.2 Å². The number of carbonyl (C=O) groups excluding carboxylic acids is 2. The Kier molecular flexibility index (Phi) is 7.53. The fourth-order valence-electron chi connectivity index (χ4n) is 2.25. The number of hydrogen-bond donors (Lipinski definition) is 1. The molecule has 0 aromatic heterocycles. The van der Waals surface area contributed by atoms with Crippen molar-refractivity contribution in [1.82, 2.24) is 0 Å². The van der Waals surface area contributed by atoms with Crippen molar-refractivity contribution in [2.45, 2.75) is 0 Å². The summed E-state index contributed by atoms with van der Waals surface area (Å²) in [6, 6.07) is 11.4. The zero-order chi connectivity index (χ0) is 20.4. The molecule has 0 bridgehead atoms. The van der Waals surface area contributed by atoms with E-state index in [1.807, 2.05) is 0 Å². The summed E-state index contributed by atoms with van der Waals surface area (Å²) in [6.45, 7) is -0.621. The van der Waals surface area contributed by atoms with Crippen LogP contribution in [0.25, 0.3) is 6.08 Å². The molecule has 2 aromatic carbocycles. The van der Waals surface area contributed by atoms with E-state index in [9.17, 15) is 14.5 Å². The minimum atomic E-state index is -0.775. The standard InChI is InChI=1S/C19H18N2O7/c1-25-16-9-7-13(11-17(16)26-2)8-10-18(22)20-15-6-4-3-5-14(15)19(23)27-12-28-21-24/h3-11H,12H2,1-2H3,(H,20,22)/b10-8+. The molecule has 1 N–H and O–H groups in total. The van der Waals surface area contributed by atoms with E-state index in [0.29, 0.717) is 11.5 Å². The van der Waals surface area contributed by atoms with Crippen molar-refractivity contribution in [3.63, 3.8) is 0 Å². The molecular weight excluding hydrogens is 368 g/mol. The second kappa shape index (κ2) is 10.3. The van der Waals surface area contributed by atoms with Gasteiger partial charge >= 0.3 is 5.97 Å². The molecule has 9 nitrogen and oxygen atoms in total. The van der Waals surface area contributed by atoms with Crippen molar-refractivity contribution in [3.8, 4) is 11.5 Å².